The highest BCUT2D eigenvalue weighted by Crippen LogP contribution is 2.32. The summed E-state index contributed by atoms with van der Waals surface area (Å²) in [5.41, 5.74) is 0. The van der Waals surface area contributed by atoms with Gasteiger partial charge in [-0.1, -0.05) is 53.0 Å². The van der Waals surface area contributed by atoms with Crippen molar-refractivity contribution in [3.63, 3.8) is 0 Å². The zero-order chi connectivity index (χ0) is 14.8. The fourth-order valence-corrected chi connectivity index (χ4v) is 4.27. The molecular formula is C11H14BrCl2NO3S. The van der Waals surface area contributed by atoms with Crippen LogP contribution >= 0.6 is 39.1 Å². The first-order chi connectivity index (χ1) is 8.65. The van der Waals surface area contributed by atoms with Gasteiger partial charge in [0.25, 0.3) is 0 Å². The summed E-state index contributed by atoms with van der Waals surface area (Å²) < 4.78 is 27.1. The molecular weight excluding hydrogens is 377 g/mol. The average molecular weight is 391 g/mol. The van der Waals surface area contributed by atoms with Crippen molar-refractivity contribution in [3.8, 4) is 0 Å². The number of benzene rings is 1. The lowest BCUT2D eigenvalue weighted by Crippen LogP contribution is -2.35. The molecule has 0 bridgehead atoms. The van der Waals surface area contributed by atoms with Gasteiger partial charge in [0, 0.05) is 11.0 Å². The molecule has 0 aromatic heterocycles. The van der Waals surface area contributed by atoms with E-state index in [-0.39, 0.29) is 27.4 Å². The van der Waals surface area contributed by atoms with E-state index in [0.717, 1.165) is 0 Å². The molecule has 1 atom stereocenters. The van der Waals surface area contributed by atoms with Gasteiger partial charge < -0.3 is 5.11 Å². The number of halogens is 3. The molecule has 0 amide bonds. The van der Waals surface area contributed by atoms with Gasteiger partial charge in [-0.3, -0.25) is 0 Å². The van der Waals surface area contributed by atoms with Crippen LogP contribution in [0.5, 0.6) is 0 Å². The first-order valence-corrected chi connectivity index (χ1v) is 8.50. The average Bonchev–Trinajstić information content (AvgIpc) is 2.23. The number of hydrogen-bond donors (Lipinski definition) is 2. The van der Waals surface area contributed by atoms with Gasteiger partial charge in [0.05, 0.1) is 16.1 Å². The SMILES string of the molecule is CC(C)C(O)CNS(=O)(=O)c1c(Cl)cc(Br)cc1Cl. The second-order valence-electron chi connectivity index (χ2n) is 4.36. The molecule has 1 aromatic rings. The minimum absolute atomic E-state index is 0.0194. The first-order valence-electron chi connectivity index (χ1n) is 5.47. The molecule has 4 nitrogen and oxygen atoms in total. The standard InChI is InChI=1S/C11H14BrCl2NO3S/c1-6(2)10(16)5-15-19(17,18)11-8(13)3-7(12)4-9(11)14/h3-4,6,10,15-16H,5H2,1-2H3. The van der Waals surface area contributed by atoms with E-state index in [1.54, 1.807) is 13.8 Å². The van der Waals surface area contributed by atoms with Crippen molar-refractivity contribution in [2.24, 2.45) is 5.92 Å². The highest BCUT2D eigenvalue weighted by atomic mass is 79.9. The molecule has 1 unspecified atom stereocenters. The summed E-state index contributed by atoms with van der Waals surface area (Å²) in [6.07, 6.45) is -0.775. The van der Waals surface area contributed by atoms with Crippen molar-refractivity contribution in [3.05, 3.63) is 26.7 Å². The van der Waals surface area contributed by atoms with Gasteiger partial charge in [-0.25, -0.2) is 13.1 Å². The number of sulfonamides is 1. The van der Waals surface area contributed by atoms with E-state index in [1.165, 1.54) is 12.1 Å². The molecule has 1 aromatic carbocycles. The largest absolute Gasteiger partial charge is 0.391 e. The summed E-state index contributed by atoms with van der Waals surface area (Å²) in [5.74, 6) is -0.0569. The van der Waals surface area contributed by atoms with Crippen molar-refractivity contribution >= 4 is 49.2 Å². The fraction of sp³-hybridized carbons (Fsp3) is 0.455. The topological polar surface area (TPSA) is 66.4 Å². The minimum atomic E-state index is -3.86. The molecule has 0 aliphatic rings. The van der Waals surface area contributed by atoms with Crippen molar-refractivity contribution < 1.29 is 13.5 Å². The molecule has 0 fully saturated rings. The predicted molar refractivity (Wildman–Crippen MR) is 80.2 cm³/mol. The van der Waals surface area contributed by atoms with Gasteiger partial charge in [-0.15, -0.1) is 0 Å². The van der Waals surface area contributed by atoms with E-state index >= 15 is 0 Å². The minimum Gasteiger partial charge on any atom is -0.391 e. The van der Waals surface area contributed by atoms with Crippen LogP contribution in [0, 0.1) is 5.92 Å². The molecule has 8 heteroatoms. The van der Waals surface area contributed by atoms with Crippen LogP contribution in [-0.4, -0.2) is 26.2 Å². The van der Waals surface area contributed by atoms with Crippen LogP contribution in [0.2, 0.25) is 10.0 Å². The van der Waals surface area contributed by atoms with Crippen LogP contribution in [0.1, 0.15) is 13.8 Å². The van der Waals surface area contributed by atoms with E-state index in [9.17, 15) is 13.5 Å². The van der Waals surface area contributed by atoms with Crippen LogP contribution < -0.4 is 4.72 Å². The second kappa shape index (κ2) is 6.74. The van der Waals surface area contributed by atoms with Gasteiger partial charge in [0.1, 0.15) is 4.90 Å². The highest BCUT2D eigenvalue weighted by molar-refractivity contribution is 9.10. The van der Waals surface area contributed by atoms with Gasteiger partial charge in [-0.05, 0) is 18.1 Å². The molecule has 0 saturated carbocycles. The van der Waals surface area contributed by atoms with Crippen LogP contribution in [0.4, 0.5) is 0 Å². The summed E-state index contributed by atoms with van der Waals surface area (Å²) in [5, 5.41) is 9.66. The maximum atomic E-state index is 12.1. The van der Waals surface area contributed by atoms with Crippen LogP contribution in [-0.2, 0) is 10.0 Å². The van der Waals surface area contributed by atoms with Crippen molar-refractivity contribution in [1.82, 2.24) is 4.72 Å². The highest BCUT2D eigenvalue weighted by Gasteiger charge is 2.23. The van der Waals surface area contributed by atoms with E-state index in [4.69, 9.17) is 23.2 Å². The third kappa shape index (κ3) is 4.58. The Morgan fingerprint density at radius 1 is 1.32 bits per heavy atom. The Bertz CT molecular complexity index is 540. The Balaban J connectivity index is 3.02. The molecule has 0 radical (unpaired) electrons. The first kappa shape index (κ1) is 17.2. The van der Waals surface area contributed by atoms with E-state index in [2.05, 4.69) is 20.7 Å². The van der Waals surface area contributed by atoms with Crippen LogP contribution in [0.15, 0.2) is 21.5 Å². The summed E-state index contributed by atoms with van der Waals surface area (Å²) in [7, 11) is -3.86. The Morgan fingerprint density at radius 3 is 2.21 bits per heavy atom. The summed E-state index contributed by atoms with van der Waals surface area (Å²) in [6.45, 7) is 3.49. The molecule has 19 heavy (non-hydrogen) atoms. The van der Waals surface area contributed by atoms with Gasteiger partial charge in [-0.2, -0.15) is 0 Å². The molecule has 1 rings (SSSR count). The zero-order valence-corrected chi connectivity index (χ0v) is 14.2. The lowest BCUT2D eigenvalue weighted by molar-refractivity contribution is 0.129. The Morgan fingerprint density at radius 2 is 1.79 bits per heavy atom. The maximum absolute atomic E-state index is 12.1. The lowest BCUT2D eigenvalue weighted by atomic mass is 10.1. The predicted octanol–water partition coefficient (Wildman–Crippen LogP) is 3.05. The number of aliphatic hydroxyl groups excluding tert-OH is 1. The third-order valence-corrected chi connectivity index (χ3v) is 5.29. The quantitative estimate of drug-likeness (QED) is 0.811. The van der Waals surface area contributed by atoms with Crippen molar-refractivity contribution in [2.75, 3.05) is 6.54 Å². The van der Waals surface area contributed by atoms with E-state index < -0.39 is 16.1 Å². The second-order valence-corrected chi connectivity index (χ2v) is 7.80. The smallest absolute Gasteiger partial charge is 0.243 e. The molecule has 108 valence electrons. The third-order valence-electron chi connectivity index (χ3n) is 2.48. The number of aliphatic hydroxyl groups is 1. The van der Waals surface area contributed by atoms with Gasteiger partial charge >= 0.3 is 0 Å². The zero-order valence-electron chi connectivity index (χ0n) is 10.3. The molecule has 0 saturated heterocycles. The van der Waals surface area contributed by atoms with Crippen molar-refractivity contribution in [2.45, 2.75) is 24.8 Å². The normalized spacial score (nSPS) is 13.8. The molecule has 0 aliphatic carbocycles. The Labute approximate surface area is 131 Å². The van der Waals surface area contributed by atoms with Crippen molar-refractivity contribution in [1.29, 1.82) is 0 Å². The van der Waals surface area contributed by atoms with Crippen LogP contribution in [0.3, 0.4) is 0 Å². The Kier molecular flexibility index (Phi) is 6.10. The lowest BCUT2D eigenvalue weighted by Gasteiger charge is -2.16. The molecule has 0 spiro atoms. The Hall–Kier alpha value is 0.150. The van der Waals surface area contributed by atoms with Gasteiger partial charge in [0.2, 0.25) is 10.0 Å². The molecule has 0 aliphatic heterocycles. The van der Waals surface area contributed by atoms with Gasteiger partial charge in [0.15, 0.2) is 0 Å². The van der Waals surface area contributed by atoms with E-state index in [0.29, 0.717) is 4.47 Å². The molecule has 0 heterocycles. The number of nitrogens with one attached hydrogen (secondary N) is 1. The molecule has 2 N–H and O–H groups in total. The fourth-order valence-electron chi connectivity index (χ4n) is 1.29. The summed E-state index contributed by atoms with van der Waals surface area (Å²) in [6, 6.07) is 2.89. The number of hydrogen-bond acceptors (Lipinski definition) is 3. The number of rotatable bonds is 5. The maximum Gasteiger partial charge on any atom is 0.243 e. The van der Waals surface area contributed by atoms with E-state index in [1.807, 2.05) is 0 Å². The monoisotopic (exact) mass is 389 g/mol. The summed E-state index contributed by atoms with van der Waals surface area (Å²) >= 11 is 15.0. The van der Waals surface area contributed by atoms with Crippen LogP contribution in [0.25, 0.3) is 0 Å². The summed E-state index contributed by atoms with van der Waals surface area (Å²) in [4.78, 5) is -0.185.